The second-order valence-electron chi connectivity index (χ2n) is 9.02. The van der Waals surface area contributed by atoms with Crippen LogP contribution < -0.4 is 0 Å². The van der Waals surface area contributed by atoms with Crippen molar-refractivity contribution in [2.75, 3.05) is 6.61 Å². The topological polar surface area (TPSA) is 63.6 Å². The average Bonchev–Trinajstić information content (AvgIpc) is 3.51. The summed E-state index contributed by atoms with van der Waals surface area (Å²) in [6.07, 6.45) is 6.12. The van der Waals surface area contributed by atoms with Crippen LogP contribution in [0.15, 0.2) is 64.0 Å². The van der Waals surface area contributed by atoms with Crippen LogP contribution in [0.2, 0.25) is 0 Å². The van der Waals surface area contributed by atoms with Crippen molar-refractivity contribution in [1.82, 2.24) is 0 Å². The van der Waals surface area contributed by atoms with E-state index < -0.39 is 20.2 Å². The Morgan fingerprint density at radius 3 is 2.29 bits per heavy atom. The molecule has 0 heterocycles. The van der Waals surface area contributed by atoms with Crippen LogP contribution in [0.25, 0.3) is 0 Å². The van der Waals surface area contributed by atoms with E-state index in [1.54, 1.807) is 31.2 Å². The van der Waals surface area contributed by atoms with E-state index in [1.165, 1.54) is 5.56 Å². The zero-order valence-corrected chi connectivity index (χ0v) is 20.6. The molecule has 0 aliphatic heterocycles. The second-order valence-corrected chi connectivity index (χ2v) is 12.3. The first-order valence-electron chi connectivity index (χ1n) is 11.1. The summed E-state index contributed by atoms with van der Waals surface area (Å²) in [5, 5.41) is 10.9. The number of hydrogen-bond donors (Lipinski definition) is 1. The van der Waals surface area contributed by atoms with Crippen molar-refractivity contribution in [2.24, 2.45) is 0 Å². The van der Waals surface area contributed by atoms with Gasteiger partial charge in [0.25, 0.3) is 0 Å². The van der Waals surface area contributed by atoms with Crippen molar-refractivity contribution in [3.05, 3.63) is 64.6 Å². The number of sulfone groups is 1. The molecule has 0 spiro atoms. The molecule has 170 valence electrons. The van der Waals surface area contributed by atoms with E-state index >= 15 is 0 Å². The summed E-state index contributed by atoms with van der Waals surface area (Å²) in [4.78, 5) is 0.347. The van der Waals surface area contributed by atoms with Gasteiger partial charge in [-0.3, -0.25) is 0 Å². The standard InChI is InChI=1S/C25H33BrO4S/c1-24(27,15-7-2-3-8-18-30-19-21-9-5-4-6-10-21)20-25(16-17-25)31(28,29)23-13-11-22(26)12-14-23/h4-6,9-14,27H,2-3,7-8,15-20H2,1H3. The minimum absolute atomic E-state index is 0.304. The van der Waals surface area contributed by atoms with Gasteiger partial charge in [-0.1, -0.05) is 65.5 Å². The summed E-state index contributed by atoms with van der Waals surface area (Å²) in [5.74, 6) is 0. The number of benzene rings is 2. The van der Waals surface area contributed by atoms with Crippen molar-refractivity contribution in [1.29, 1.82) is 0 Å². The maximum absolute atomic E-state index is 13.1. The highest BCUT2D eigenvalue weighted by Gasteiger charge is 2.57. The molecule has 2 aromatic carbocycles. The van der Waals surface area contributed by atoms with Crippen molar-refractivity contribution in [3.8, 4) is 0 Å². The highest BCUT2D eigenvalue weighted by Crippen LogP contribution is 2.52. The van der Waals surface area contributed by atoms with Crippen LogP contribution in [0, 0.1) is 0 Å². The van der Waals surface area contributed by atoms with Gasteiger partial charge in [0.2, 0.25) is 0 Å². The summed E-state index contributed by atoms with van der Waals surface area (Å²) >= 11 is 3.35. The zero-order valence-electron chi connectivity index (χ0n) is 18.2. The third-order valence-corrected chi connectivity index (χ3v) is 9.18. The third kappa shape index (κ3) is 6.88. The first-order valence-corrected chi connectivity index (χ1v) is 13.4. The van der Waals surface area contributed by atoms with Gasteiger partial charge in [0.1, 0.15) is 0 Å². The molecule has 0 saturated heterocycles. The minimum Gasteiger partial charge on any atom is -0.390 e. The van der Waals surface area contributed by atoms with Gasteiger partial charge in [-0.05, 0) is 68.9 Å². The molecule has 0 amide bonds. The van der Waals surface area contributed by atoms with Crippen LogP contribution in [0.1, 0.15) is 63.9 Å². The van der Waals surface area contributed by atoms with Crippen LogP contribution >= 0.6 is 15.9 Å². The molecule has 2 aromatic rings. The molecule has 1 atom stereocenters. The first-order chi connectivity index (χ1) is 14.7. The van der Waals surface area contributed by atoms with Gasteiger partial charge < -0.3 is 9.84 Å². The molecule has 0 radical (unpaired) electrons. The fraction of sp³-hybridized carbons (Fsp3) is 0.520. The number of unbranched alkanes of at least 4 members (excludes halogenated alkanes) is 3. The summed E-state index contributed by atoms with van der Waals surface area (Å²) in [6, 6.07) is 17.0. The molecular weight excluding hydrogens is 476 g/mol. The Labute approximate surface area is 195 Å². The van der Waals surface area contributed by atoms with Crippen LogP contribution in [-0.4, -0.2) is 30.5 Å². The summed E-state index contributed by atoms with van der Waals surface area (Å²) in [7, 11) is -3.44. The van der Waals surface area contributed by atoms with Gasteiger partial charge in [-0.25, -0.2) is 8.42 Å². The number of ether oxygens (including phenoxy) is 1. The van der Waals surface area contributed by atoms with Crippen LogP contribution in [0.5, 0.6) is 0 Å². The second kappa shape index (κ2) is 10.6. The van der Waals surface area contributed by atoms with E-state index in [9.17, 15) is 13.5 Å². The number of aliphatic hydroxyl groups is 1. The molecule has 4 nitrogen and oxygen atoms in total. The Hall–Kier alpha value is -1.21. The largest absolute Gasteiger partial charge is 0.390 e. The number of hydrogen-bond acceptors (Lipinski definition) is 4. The lowest BCUT2D eigenvalue weighted by Gasteiger charge is -2.28. The Kier molecular flexibility index (Phi) is 8.36. The quantitative estimate of drug-likeness (QED) is 0.333. The molecule has 0 aromatic heterocycles. The van der Waals surface area contributed by atoms with Crippen LogP contribution in [-0.2, 0) is 21.2 Å². The lowest BCUT2D eigenvalue weighted by molar-refractivity contribution is 0.0360. The summed E-state index contributed by atoms with van der Waals surface area (Å²) in [6.45, 7) is 3.16. The zero-order chi connectivity index (χ0) is 22.4. The van der Waals surface area contributed by atoms with Crippen LogP contribution in [0.3, 0.4) is 0 Å². The molecule has 1 aliphatic rings. The monoisotopic (exact) mass is 508 g/mol. The maximum Gasteiger partial charge on any atom is 0.184 e. The highest BCUT2D eigenvalue weighted by molar-refractivity contribution is 9.10. The molecule has 1 aliphatic carbocycles. The third-order valence-electron chi connectivity index (χ3n) is 6.07. The summed E-state index contributed by atoms with van der Waals surface area (Å²) < 4.78 is 32.0. The van der Waals surface area contributed by atoms with E-state index in [-0.39, 0.29) is 0 Å². The van der Waals surface area contributed by atoms with Crippen molar-refractivity contribution >= 4 is 25.8 Å². The van der Waals surface area contributed by atoms with E-state index in [0.29, 0.717) is 37.2 Å². The first kappa shape index (κ1) is 24.4. The highest BCUT2D eigenvalue weighted by atomic mass is 79.9. The van der Waals surface area contributed by atoms with E-state index in [0.717, 1.165) is 36.8 Å². The van der Waals surface area contributed by atoms with Gasteiger partial charge in [-0.15, -0.1) is 0 Å². The van der Waals surface area contributed by atoms with Crippen LogP contribution in [0.4, 0.5) is 0 Å². The fourth-order valence-corrected chi connectivity index (χ4v) is 6.55. The molecule has 3 rings (SSSR count). The van der Waals surface area contributed by atoms with Crippen molar-refractivity contribution < 1.29 is 18.3 Å². The van der Waals surface area contributed by atoms with Gasteiger partial charge >= 0.3 is 0 Å². The van der Waals surface area contributed by atoms with Gasteiger partial charge in [0.15, 0.2) is 9.84 Å². The minimum atomic E-state index is -3.44. The fourth-order valence-electron chi connectivity index (χ4n) is 4.15. The van der Waals surface area contributed by atoms with Crippen molar-refractivity contribution in [3.63, 3.8) is 0 Å². The lowest BCUT2D eigenvalue weighted by Crippen LogP contribution is -2.36. The maximum atomic E-state index is 13.1. The van der Waals surface area contributed by atoms with Gasteiger partial charge in [0, 0.05) is 11.1 Å². The smallest absolute Gasteiger partial charge is 0.184 e. The SMILES string of the molecule is CC(O)(CCCCCCOCc1ccccc1)CC1(S(=O)(=O)c2ccc(Br)cc2)CC1. The molecule has 1 saturated carbocycles. The predicted molar refractivity (Wildman–Crippen MR) is 128 cm³/mol. The Morgan fingerprint density at radius 1 is 1.00 bits per heavy atom. The average molecular weight is 510 g/mol. The molecule has 31 heavy (non-hydrogen) atoms. The number of rotatable bonds is 13. The molecule has 1 N–H and O–H groups in total. The molecular formula is C25H33BrO4S. The molecule has 1 unspecified atom stereocenters. The normalized spacial score (nSPS) is 17.3. The Balaban J connectivity index is 1.37. The van der Waals surface area contributed by atoms with Crippen molar-refractivity contribution in [2.45, 2.75) is 80.1 Å². The van der Waals surface area contributed by atoms with E-state index in [4.69, 9.17) is 4.74 Å². The molecule has 1 fully saturated rings. The summed E-state index contributed by atoms with van der Waals surface area (Å²) in [5.41, 5.74) is 0.216. The Bertz CT molecular complexity index is 920. The van der Waals surface area contributed by atoms with E-state index in [2.05, 4.69) is 28.1 Å². The molecule has 6 heteroatoms. The van der Waals surface area contributed by atoms with E-state index in [1.807, 2.05) is 18.2 Å². The molecule has 0 bridgehead atoms. The number of halogens is 1. The predicted octanol–water partition coefficient (Wildman–Crippen LogP) is 6.06. The lowest BCUT2D eigenvalue weighted by atomic mass is 9.92. The van der Waals surface area contributed by atoms with Gasteiger partial charge in [-0.2, -0.15) is 0 Å². The van der Waals surface area contributed by atoms with Gasteiger partial charge in [0.05, 0.1) is 21.9 Å². The Morgan fingerprint density at radius 2 is 1.65 bits per heavy atom.